The summed E-state index contributed by atoms with van der Waals surface area (Å²) in [4.78, 5) is 26.7. The molecule has 0 spiro atoms. The molecule has 0 aliphatic carbocycles. The summed E-state index contributed by atoms with van der Waals surface area (Å²) in [5, 5.41) is 23.2. The van der Waals surface area contributed by atoms with Crippen molar-refractivity contribution in [2.75, 3.05) is 11.1 Å². The van der Waals surface area contributed by atoms with E-state index in [9.17, 15) is 14.9 Å². The van der Waals surface area contributed by atoms with E-state index in [0.717, 1.165) is 34.5 Å². The fourth-order valence-electron chi connectivity index (χ4n) is 3.36. The van der Waals surface area contributed by atoms with Crippen molar-refractivity contribution in [1.82, 2.24) is 19.7 Å². The first-order valence-corrected chi connectivity index (χ1v) is 13.2. The second-order valence-electron chi connectivity index (χ2n) is 7.66. The molecule has 1 N–H and O–H groups in total. The molecule has 0 fully saturated rings. The Hall–Kier alpha value is -4.26. The number of benzene rings is 3. The van der Waals surface area contributed by atoms with E-state index in [4.69, 9.17) is 16.3 Å². The number of para-hydroxylation sites is 1. The monoisotopic (exact) mass is 564 g/mol. The number of nitrogens with zero attached hydrogens (tertiary/aromatic N) is 5. The minimum Gasteiger partial charge on any atom is -0.457 e. The van der Waals surface area contributed by atoms with Crippen LogP contribution in [0.1, 0.15) is 0 Å². The van der Waals surface area contributed by atoms with E-state index in [1.807, 2.05) is 71.3 Å². The van der Waals surface area contributed by atoms with E-state index in [-0.39, 0.29) is 21.8 Å². The fourth-order valence-corrected chi connectivity index (χ4v) is 4.89. The zero-order chi connectivity index (χ0) is 26.5. The number of anilines is 1. The molecule has 0 bridgehead atoms. The third-order valence-electron chi connectivity index (χ3n) is 5.06. The molecule has 3 aromatic carbocycles. The highest BCUT2D eigenvalue weighted by molar-refractivity contribution is 7.99. The zero-order valence-corrected chi connectivity index (χ0v) is 21.7. The van der Waals surface area contributed by atoms with Gasteiger partial charge < -0.3 is 10.1 Å². The topological polar surface area (TPSA) is 125 Å². The van der Waals surface area contributed by atoms with Crippen LogP contribution in [0.3, 0.4) is 0 Å². The van der Waals surface area contributed by atoms with Gasteiger partial charge in [-0.3, -0.25) is 19.5 Å². The molecule has 190 valence electrons. The van der Waals surface area contributed by atoms with Gasteiger partial charge in [0, 0.05) is 16.3 Å². The molecule has 0 saturated heterocycles. The molecule has 2 aromatic heterocycles. The van der Waals surface area contributed by atoms with Crippen molar-refractivity contribution in [3.8, 4) is 28.6 Å². The van der Waals surface area contributed by atoms with Gasteiger partial charge in [0.2, 0.25) is 5.91 Å². The highest BCUT2D eigenvalue weighted by atomic mass is 35.5. The molecule has 5 aromatic rings. The first kappa shape index (κ1) is 25.4. The lowest BCUT2D eigenvalue weighted by Crippen LogP contribution is -2.14. The molecule has 0 aliphatic heterocycles. The quantitative estimate of drug-likeness (QED) is 0.122. The number of hydrogen-bond acceptors (Lipinski definition) is 9. The van der Waals surface area contributed by atoms with E-state index in [2.05, 4.69) is 20.5 Å². The summed E-state index contributed by atoms with van der Waals surface area (Å²) in [5.74, 6) is 1.55. The van der Waals surface area contributed by atoms with Crippen LogP contribution in [0.2, 0.25) is 5.02 Å². The van der Waals surface area contributed by atoms with Crippen LogP contribution in [0.5, 0.6) is 11.5 Å². The van der Waals surface area contributed by atoms with Gasteiger partial charge in [0.25, 0.3) is 0 Å². The molecule has 38 heavy (non-hydrogen) atoms. The smallest absolute Gasteiger partial charge is 0.345 e. The highest BCUT2D eigenvalue weighted by Gasteiger charge is 2.19. The lowest BCUT2D eigenvalue weighted by Gasteiger charge is -2.12. The van der Waals surface area contributed by atoms with Crippen molar-refractivity contribution in [3.63, 3.8) is 0 Å². The maximum atomic E-state index is 12.5. The number of carbonyl (C=O) groups excluding carboxylic acids is 1. The van der Waals surface area contributed by atoms with Crippen LogP contribution in [0.25, 0.3) is 17.1 Å². The first-order valence-electron chi connectivity index (χ1n) is 11.0. The van der Waals surface area contributed by atoms with E-state index in [1.165, 1.54) is 11.8 Å². The van der Waals surface area contributed by atoms with Crippen LogP contribution in [0.15, 0.2) is 90.2 Å². The molecule has 13 heteroatoms. The standard InChI is InChI=1S/C25H17ClN6O4S2/c26-17-8-6-16(7-9-17)23-29-30-25(37-15-21(33)28-24-27-14-22(38-24)32(34)35)31(23)18-10-12-20(13-11-18)36-19-4-2-1-3-5-19/h1-14H,15H2,(H,27,28,33). The number of hydrogen-bond donors (Lipinski definition) is 1. The largest absolute Gasteiger partial charge is 0.457 e. The molecule has 1 amide bonds. The predicted molar refractivity (Wildman–Crippen MR) is 146 cm³/mol. The predicted octanol–water partition coefficient (Wildman–Crippen LogP) is 6.48. The molecule has 0 unspecified atom stereocenters. The van der Waals surface area contributed by atoms with Crippen molar-refractivity contribution in [3.05, 3.63) is 100 Å². The fraction of sp³-hybridized carbons (Fsp3) is 0.0400. The Morgan fingerprint density at radius 3 is 2.42 bits per heavy atom. The Kier molecular flexibility index (Phi) is 7.63. The number of rotatable bonds is 9. The average Bonchev–Trinajstić information content (AvgIpc) is 3.57. The minimum absolute atomic E-state index is 0.0126. The van der Waals surface area contributed by atoms with Crippen LogP contribution in [-0.2, 0) is 4.79 Å². The summed E-state index contributed by atoms with van der Waals surface area (Å²) in [6, 6.07) is 24.1. The molecular formula is C25H17ClN6O4S2. The Labute approximate surface area is 229 Å². The van der Waals surface area contributed by atoms with Crippen LogP contribution >= 0.6 is 34.7 Å². The number of thiazole rings is 1. The second-order valence-corrected chi connectivity index (χ2v) is 10.0. The van der Waals surface area contributed by atoms with Gasteiger partial charge in [0.15, 0.2) is 16.1 Å². The van der Waals surface area contributed by atoms with Crippen LogP contribution in [0, 0.1) is 10.1 Å². The van der Waals surface area contributed by atoms with Gasteiger partial charge in [0.1, 0.15) is 17.7 Å². The summed E-state index contributed by atoms with van der Waals surface area (Å²) in [6.45, 7) is 0. The first-order chi connectivity index (χ1) is 18.5. The molecule has 5 rings (SSSR count). The van der Waals surface area contributed by atoms with Gasteiger partial charge in [0.05, 0.1) is 10.7 Å². The lowest BCUT2D eigenvalue weighted by molar-refractivity contribution is -0.380. The normalized spacial score (nSPS) is 10.8. The summed E-state index contributed by atoms with van der Waals surface area (Å²) >= 11 is 8.03. The average molecular weight is 565 g/mol. The molecule has 2 heterocycles. The van der Waals surface area contributed by atoms with Crippen LogP contribution in [0.4, 0.5) is 10.1 Å². The third-order valence-corrected chi connectivity index (χ3v) is 7.11. The number of aromatic nitrogens is 4. The summed E-state index contributed by atoms with van der Waals surface area (Å²) in [5.41, 5.74) is 1.55. The number of halogens is 1. The number of amides is 1. The van der Waals surface area contributed by atoms with E-state index < -0.39 is 4.92 Å². The van der Waals surface area contributed by atoms with Crippen molar-refractivity contribution < 1.29 is 14.5 Å². The molecule has 10 nitrogen and oxygen atoms in total. The Bertz CT molecular complexity index is 1570. The molecule has 0 radical (unpaired) electrons. The molecule has 0 aliphatic rings. The van der Waals surface area contributed by atoms with Gasteiger partial charge in [-0.15, -0.1) is 10.2 Å². The van der Waals surface area contributed by atoms with Gasteiger partial charge >= 0.3 is 5.00 Å². The highest BCUT2D eigenvalue weighted by Crippen LogP contribution is 2.31. The molecular weight excluding hydrogens is 548 g/mol. The zero-order valence-electron chi connectivity index (χ0n) is 19.4. The van der Waals surface area contributed by atoms with E-state index in [1.54, 1.807) is 12.1 Å². The van der Waals surface area contributed by atoms with Gasteiger partial charge in [-0.25, -0.2) is 4.98 Å². The Balaban J connectivity index is 1.38. The van der Waals surface area contributed by atoms with Gasteiger partial charge in [-0.2, -0.15) is 0 Å². The van der Waals surface area contributed by atoms with Crippen molar-refractivity contribution in [1.29, 1.82) is 0 Å². The van der Waals surface area contributed by atoms with E-state index in [0.29, 0.717) is 21.8 Å². The number of carbonyl (C=O) groups is 1. The van der Waals surface area contributed by atoms with Gasteiger partial charge in [-0.05, 0) is 72.0 Å². The van der Waals surface area contributed by atoms with Crippen LogP contribution in [-0.4, -0.2) is 36.3 Å². The number of nitro groups is 1. The second kappa shape index (κ2) is 11.4. The number of nitrogens with one attached hydrogen (secondary N) is 1. The summed E-state index contributed by atoms with van der Waals surface area (Å²) in [7, 11) is 0. The third kappa shape index (κ3) is 5.99. The summed E-state index contributed by atoms with van der Waals surface area (Å²) < 4.78 is 7.74. The number of thioether (sulfide) groups is 1. The number of ether oxygens (including phenoxy) is 1. The lowest BCUT2D eigenvalue weighted by atomic mass is 10.2. The maximum absolute atomic E-state index is 12.5. The molecule has 0 saturated carbocycles. The van der Waals surface area contributed by atoms with Gasteiger partial charge in [-0.1, -0.05) is 41.6 Å². The molecule has 0 atom stereocenters. The van der Waals surface area contributed by atoms with E-state index >= 15 is 0 Å². The van der Waals surface area contributed by atoms with Crippen molar-refractivity contribution in [2.24, 2.45) is 0 Å². The SMILES string of the molecule is O=C(CSc1nnc(-c2ccc(Cl)cc2)n1-c1ccc(Oc2ccccc2)cc1)Nc1ncc([N+](=O)[O-])s1. The minimum atomic E-state index is -0.557. The van der Waals surface area contributed by atoms with Crippen molar-refractivity contribution in [2.45, 2.75) is 5.16 Å². The summed E-state index contributed by atoms with van der Waals surface area (Å²) in [6.07, 6.45) is 1.10. The maximum Gasteiger partial charge on any atom is 0.345 e. The van der Waals surface area contributed by atoms with Crippen molar-refractivity contribution >= 4 is 50.7 Å². The van der Waals surface area contributed by atoms with Crippen LogP contribution < -0.4 is 10.1 Å². The Morgan fingerprint density at radius 1 is 1.03 bits per heavy atom. The Morgan fingerprint density at radius 2 is 1.74 bits per heavy atom.